The first-order valence-corrected chi connectivity index (χ1v) is 9.49. The number of carbonyl (C=O) groups excluding carboxylic acids is 1. The van der Waals surface area contributed by atoms with Crippen molar-refractivity contribution in [2.24, 2.45) is 0 Å². The Labute approximate surface area is 166 Å². The van der Waals surface area contributed by atoms with Gasteiger partial charge >= 0.3 is 0 Å². The Morgan fingerprint density at radius 2 is 1.89 bits per heavy atom. The van der Waals surface area contributed by atoms with Gasteiger partial charge in [0.15, 0.2) is 11.5 Å². The second-order valence-corrected chi connectivity index (χ2v) is 7.14. The van der Waals surface area contributed by atoms with E-state index < -0.39 is 0 Å². The van der Waals surface area contributed by atoms with Gasteiger partial charge in [0.05, 0.1) is 31.4 Å². The Hall–Kier alpha value is -2.57. The molecular formula is C20H19ClN2O3S. The van der Waals surface area contributed by atoms with E-state index in [1.165, 1.54) is 11.3 Å². The van der Waals surface area contributed by atoms with E-state index >= 15 is 0 Å². The van der Waals surface area contributed by atoms with Crippen LogP contribution in [0.2, 0.25) is 5.02 Å². The molecular weight excluding hydrogens is 384 g/mol. The van der Waals surface area contributed by atoms with Crippen molar-refractivity contribution in [3.05, 3.63) is 58.1 Å². The average molecular weight is 403 g/mol. The molecule has 0 atom stereocenters. The summed E-state index contributed by atoms with van der Waals surface area (Å²) in [7, 11) is 3.14. The lowest BCUT2D eigenvalue weighted by atomic mass is 10.1. The number of nitrogens with zero attached hydrogens (tertiary/aromatic N) is 1. The largest absolute Gasteiger partial charge is 0.493 e. The van der Waals surface area contributed by atoms with Crippen LogP contribution in [0, 0.1) is 6.92 Å². The van der Waals surface area contributed by atoms with Crippen LogP contribution in [0.15, 0.2) is 41.8 Å². The Morgan fingerprint density at radius 3 is 2.59 bits per heavy atom. The van der Waals surface area contributed by atoms with E-state index in [1.54, 1.807) is 20.3 Å². The van der Waals surface area contributed by atoms with Crippen LogP contribution in [0.3, 0.4) is 0 Å². The highest BCUT2D eigenvalue weighted by atomic mass is 35.5. The molecule has 0 aliphatic carbocycles. The number of amides is 1. The molecule has 0 unspecified atom stereocenters. The maximum Gasteiger partial charge on any atom is 0.230 e. The highest BCUT2D eigenvalue weighted by Gasteiger charge is 2.14. The van der Waals surface area contributed by atoms with Crippen molar-refractivity contribution < 1.29 is 14.3 Å². The zero-order valence-electron chi connectivity index (χ0n) is 15.2. The van der Waals surface area contributed by atoms with Gasteiger partial charge in [-0.05, 0) is 24.6 Å². The maximum absolute atomic E-state index is 12.5. The van der Waals surface area contributed by atoms with Gasteiger partial charge in [-0.1, -0.05) is 29.8 Å². The van der Waals surface area contributed by atoms with E-state index in [0.717, 1.165) is 16.1 Å². The van der Waals surface area contributed by atoms with Crippen molar-refractivity contribution in [3.63, 3.8) is 0 Å². The standard InChI is InChI=1S/C20H19ClN2O3S/c1-12-8-17(25-2)18(26-3)10-16(12)23-19(24)9-13-11-27-20(22-13)14-6-4-5-7-15(14)21/h4-8,10-11H,9H2,1-3H3,(H,23,24). The van der Waals surface area contributed by atoms with Crippen molar-refractivity contribution in [2.45, 2.75) is 13.3 Å². The minimum absolute atomic E-state index is 0.152. The topological polar surface area (TPSA) is 60.5 Å². The summed E-state index contributed by atoms with van der Waals surface area (Å²) in [6, 6.07) is 11.1. The third kappa shape index (κ3) is 4.40. The van der Waals surface area contributed by atoms with Crippen molar-refractivity contribution >= 4 is 34.5 Å². The van der Waals surface area contributed by atoms with Crippen molar-refractivity contribution in [1.82, 2.24) is 4.98 Å². The van der Waals surface area contributed by atoms with Gasteiger partial charge in [0.1, 0.15) is 5.01 Å². The number of halogens is 1. The molecule has 0 fully saturated rings. The fraction of sp³-hybridized carbons (Fsp3) is 0.200. The van der Waals surface area contributed by atoms with Gasteiger partial charge in [-0.15, -0.1) is 11.3 Å². The molecule has 0 bridgehead atoms. The molecule has 0 saturated carbocycles. The van der Waals surface area contributed by atoms with E-state index in [2.05, 4.69) is 10.3 Å². The summed E-state index contributed by atoms with van der Waals surface area (Å²) in [5.41, 5.74) is 3.13. The molecule has 0 aliphatic heterocycles. The third-order valence-electron chi connectivity index (χ3n) is 4.00. The molecule has 3 aromatic rings. The number of rotatable bonds is 6. The number of ether oxygens (including phenoxy) is 2. The van der Waals surface area contributed by atoms with Gasteiger partial charge in [-0.3, -0.25) is 4.79 Å². The number of benzene rings is 2. The van der Waals surface area contributed by atoms with E-state index in [-0.39, 0.29) is 12.3 Å². The Bertz CT molecular complexity index is 972. The zero-order valence-corrected chi connectivity index (χ0v) is 16.8. The number of methoxy groups -OCH3 is 2. The first-order valence-electron chi connectivity index (χ1n) is 8.23. The van der Waals surface area contributed by atoms with Gasteiger partial charge in [0.25, 0.3) is 0 Å². The fourth-order valence-electron chi connectivity index (χ4n) is 2.62. The molecule has 0 aliphatic rings. The van der Waals surface area contributed by atoms with Crippen molar-refractivity contribution in [3.8, 4) is 22.1 Å². The van der Waals surface area contributed by atoms with Crippen LogP contribution < -0.4 is 14.8 Å². The number of nitrogens with one attached hydrogen (secondary N) is 1. The quantitative estimate of drug-likeness (QED) is 0.632. The second-order valence-electron chi connectivity index (χ2n) is 5.87. The molecule has 1 amide bonds. The predicted molar refractivity (Wildman–Crippen MR) is 109 cm³/mol. The summed E-state index contributed by atoms with van der Waals surface area (Å²) >= 11 is 7.68. The van der Waals surface area contributed by atoms with Gasteiger partial charge in [0, 0.05) is 22.7 Å². The number of hydrogen-bond donors (Lipinski definition) is 1. The van der Waals surface area contributed by atoms with Crippen LogP contribution in [0.1, 0.15) is 11.3 Å². The number of aromatic nitrogens is 1. The Morgan fingerprint density at radius 1 is 1.19 bits per heavy atom. The highest BCUT2D eigenvalue weighted by Crippen LogP contribution is 2.33. The molecule has 140 valence electrons. The average Bonchev–Trinajstić information content (AvgIpc) is 3.11. The van der Waals surface area contributed by atoms with Crippen LogP contribution in [0.5, 0.6) is 11.5 Å². The molecule has 1 heterocycles. The van der Waals surface area contributed by atoms with Crippen molar-refractivity contribution in [1.29, 1.82) is 0 Å². The first kappa shape index (κ1) is 19.2. The van der Waals surface area contributed by atoms with Crippen LogP contribution in [0.4, 0.5) is 5.69 Å². The van der Waals surface area contributed by atoms with E-state index in [4.69, 9.17) is 21.1 Å². The summed E-state index contributed by atoms with van der Waals surface area (Å²) in [6.07, 6.45) is 0.175. The first-order chi connectivity index (χ1) is 13.0. The summed E-state index contributed by atoms with van der Waals surface area (Å²) in [4.78, 5) is 17.0. The number of thiazole rings is 1. The molecule has 0 radical (unpaired) electrons. The lowest BCUT2D eigenvalue weighted by Crippen LogP contribution is -2.15. The van der Waals surface area contributed by atoms with Gasteiger partial charge in [-0.2, -0.15) is 0 Å². The molecule has 0 saturated heterocycles. The smallest absolute Gasteiger partial charge is 0.230 e. The molecule has 27 heavy (non-hydrogen) atoms. The van der Waals surface area contributed by atoms with Gasteiger partial charge in [-0.25, -0.2) is 4.98 Å². The maximum atomic E-state index is 12.5. The van der Waals surface area contributed by atoms with Crippen LogP contribution in [-0.4, -0.2) is 25.1 Å². The SMILES string of the molecule is COc1cc(C)c(NC(=O)Cc2csc(-c3ccccc3Cl)n2)cc1OC. The summed E-state index contributed by atoms with van der Waals surface area (Å²) in [5.74, 6) is 1.03. The Balaban J connectivity index is 1.73. The lowest BCUT2D eigenvalue weighted by molar-refractivity contribution is -0.115. The molecule has 1 N–H and O–H groups in total. The molecule has 2 aromatic carbocycles. The normalized spacial score (nSPS) is 10.5. The van der Waals surface area contributed by atoms with Crippen LogP contribution >= 0.6 is 22.9 Å². The van der Waals surface area contributed by atoms with Crippen LogP contribution in [0.25, 0.3) is 10.6 Å². The van der Waals surface area contributed by atoms with Gasteiger partial charge in [0.2, 0.25) is 5.91 Å². The Kier molecular flexibility index (Phi) is 5.98. The molecule has 7 heteroatoms. The lowest BCUT2D eigenvalue weighted by Gasteiger charge is -2.13. The van der Waals surface area contributed by atoms with Crippen molar-refractivity contribution in [2.75, 3.05) is 19.5 Å². The number of anilines is 1. The van der Waals surface area contributed by atoms with E-state index in [1.807, 2.05) is 42.6 Å². The summed E-state index contributed by atoms with van der Waals surface area (Å²) in [5, 5.41) is 6.22. The van der Waals surface area contributed by atoms with E-state index in [9.17, 15) is 4.79 Å². The second kappa shape index (κ2) is 8.41. The molecule has 1 aromatic heterocycles. The minimum atomic E-state index is -0.152. The predicted octanol–water partition coefficient (Wildman–Crippen LogP) is 4.97. The molecule has 3 rings (SSSR count). The van der Waals surface area contributed by atoms with Gasteiger partial charge < -0.3 is 14.8 Å². The van der Waals surface area contributed by atoms with Crippen LogP contribution in [-0.2, 0) is 11.2 Å². The summed E-state index contributed by atoms with van der Waals surface area (Å²) < 4.78 is 10.6. The number of carbonyl (C=O) groups is 1. The minimum Gasteiger partial charge on any atom is -0.493 e. The fourth-order valence-corrected chi connectivity index (χ4v) is 3.76. The number of hydrogen-bond acceptors (Lipinski definition) is 5. The molecule has 0 spiro atoms. The summed E-state index contributed by atoms with van der Waals surface area (Å²) in [6.45, 7) is 1.90. The highest BCUT2D eigenvalue weighted by molar-refractivity contribution is 7.13. The van der Waals surface area contributed by atoms with E-state index in [0.29, 0.717) is 27.9 Å². The monoisotopic (exact) mass is 402 g/mol. The molecule has 5 nitrogen and oxygen atoms in total. The number of aryl methyl sites for hydroxylation is 1. The third-order valence-corrected chi connectivity index (χ3v) is 5.26. The zero-order chi connectivity index (χ0) is 19.4.